The molecule has 1 N–H and O–H groups in total. The minimum Gasteiger partial charge on any atom is -0.336 e. The van der Waals surface area contributed by atoms with Crippen molar-refractivity contribution in [1.82, 2.24) is 34.7 Å². The number of nitrogens with one attached hydrogen (secondary N) is 1. The highest BCUT2D eigenvalue weighted by Crippen LogP contribution is 2.35. The fourth-order valence-corrected chi connectivity index (χ4v) is 4.81. The van der Waals surface area contributed by atoms with Crippen LogP contribution >= 0.6 is 0 Å². The molecule has 6 rings (SSSR count). The zero-order chi connectivity index (χ0) is 24.0. The van der Waals surface area contributed by atoms with Crippen LogP contribution < -0.4 is 10.2 Å². The topological polar surface area (TPSA) is 115 Å². The molecule has 2 aliphatic heterocycles. The molecule has 2 aliphatic rings. The van der Waals surface area contributed by atoms with Crippen molar-refractivity contribution in [3.05, 3.63) is 71.6 Å². The SMILES string of the molecule is CC1(C)CCc2nnc(-c3cccc(NC(=O)c4cc5c(cn4)CCN(c4ncccn4)C5)n3)n21. The van der Waals surface area contributed by atoms with Gasteiger partial charge in [0, 0.05) is 43.6 Å². The van der Waals surface area contributed by atoms with Crippen LogP contribution in [0.3, 0.4) is 0 Å². The van der Waals surface area contributed by atoms with Gasteiger partial charge in [0.05, 0.1) is 0 Å². The summed E-state index contributed by atoms with van der Waals surface area (Å²) in [5.74, 6) is 2.50. The zero-order valence-corrected chi connectivity index (χ0v) is 19.6. The summed E-state index contributed by atoms with van der Waals surface area (Å²) in [6.07, 6.45) is 8.00. The van der Waals surface area contributed by atoms with E-state index in [0.717, 1.165) is 42.8 Å². The molecule has 0 saturated carbocycles. The van der Waals surface area contributed by atoms with Crippen LogP contribution in [0.2, 0.25) is 0 Å². The number of amides is 1. The third-order valence-electron chi connectivity index (χ3n) is 6.68. The number of hydrogen-bond acceptors (Lipinski definition) is 8. The molecule has 0 bridgehead atoms. The Kier molecular flexibility index (Phi) is 5.01. The molecule has 0 radical (unpaired) electrons. The second-order valence-corrected chi connectivity index (χ2v) is 9.51. The fraction of sp³-hybridized carbons (Fsp3) is 0.320. The van der Waals surface area contributed by atoms with Gasteiger partial charge in [-0.25, -0.2) is 15.0 Å². The predicted octanol–water partition coefficient (Wildman–Crippen LogP) is 3.02. The summed E-state index contributed by atoms with van der Waals surface area (Å²) in [6.45, 7) is 5.79. The molecule has 0 atom stereocenters. The third kappa shape index (κ3) is 3.90. The molecule has 0 fully saturated rings. The number of anilines is 2. The van der Waals surface area contributed by atoms with E-state index in [2.05, 4.69) is 58.8 Å². The van der Waals surface area contributed by atoms with E-state index >= 15 is 0 Å². The Balaban J connectivity index is 1.22. The number of aromatic nitrogens is 7. The van der Waals surface area contributed by atoms with Crippen LogP contribution in [0.5, 0.6) is 0 Å². The van der Waals surface area contributed by atoms with Crippen molar-refractivity contribution >= 4 is 17.7 Å². The van der Waals surface area contributed by atoms with Crippen molar-refractivity contribution in [3.8, 4) is 11.5 Å². The largest absolute Gasteiger partial charge is 0.336 e. The van der Waals surface area contributed by atoms with Gasteiger partial charge >= 0.3 is 0 Å². The van der Waals surface area contributed by atoms with E-state index in [4.69, 9.17) is 0 Å². The molecule has 4 aromatic heterocycles. The highest BCUT2D eigenvalue weighted by molar-refractivity contribution is 6.02. The lowest BCUT2D eigenvalue weighted by atomic mass is 10.0. The van der Waals surface area contributed by atoms with Crippen LogP contribution in [0.4, 0.5) is 11.8 Å². The summed E-state index contributed by atoms with van der Waals surface area (Å²) >= 11 is 0. The smallest absolute Gasteiger partial charge is 0.275 e. The summed E-state index contributed by atoms with van der Waals surface area (Å²) in [7, 11) is 0. The summed E-state index contributed by atoms with van der Waals surface area (Å²) in [5, 5.41) is 11.6. The van der Waals surface area contributed by atoms with E-state index in [9.17, 15) is 4.79 Å². The second kappa shape index (κ2) is 8.23. The first-order valence-corrected chi connectivity index (χ1v) is 11.7. The minimum atomic E-state index is -0.308. The summed E-state index contributed by atoms with van der Waals surface area (Å²) in [6, 6.07) is 9.16. The van der Waals surface area contributed by atoms with Crippen molar-refractivity contribution < 1.29 is 4.79 Å². The van der Waals surface area contributed by atoms with E-state index < -0.39 is 0 Å². The van der Waals surface area contributed by atoms with Crippen molar-refractivity contribution in [3.63, 3.8) is 0 Å². The van der Waals surface area contributed by atoms with Gasteiger partial charge in [-0.2, -0.15) is 0 Å². The maximum absolute atomic E-state index is 13.1. The number of hydrogen-bond donors (Lipinski definition) is 1. The van der Waals surface area contributed by atoms with Gasteiger partial charge in [-0.15, -0.1) is 10.2 Å². The highest BCUT2D eigenvalue weighted by atomic mass is 16.1. The Bertz CT molecular complexity index is 1410. The van der Waals surface area contributed by atoms with Crippen molar-refractivity contribution in [2.75, 3.05) is 16.8 Å². The van der Waals surface area contributed by atoms with Crippen molar-refractivity contribution in [1.29, 1.82) is 0 Å². The minimum absolute atomic E-state index is 0.0686. The molecule has 1 amide bonds. The average molecular weight is 468 g/mol. The third-order valence-corrected chi connectivity index (χ3v) is 6.68. The van der Waals surface area contributed by atoms with Crippen LogP contribution in [0.1, 0.15) is 47.7 Å². The summed E-state index contributed by atoms with van der Waals surface area (Å²) < 4.78 is 2.15. The van der Waals surface area contributed by atoms with Gasteiger partial charge in [-0.3, -0.25) is 9.78 Å². The first-order chi connectivity index (χ1) is 17.0. The number of carbonyl (C=O) groups excluding carboxylic acids is 1. The first-order valence-electron chi connectivity index (χ1n) is 11.7. The molecule has 10 nitrogen and oxygen atoms in total. The van der Waals surface area contributed by atoms with Gasteiger partial charge in [-0.1, -0.05) is 6.07 Å². The highest BCUT2D eigenvalue weighted by Gasteiger charge is 2.34. The summed E-state index contributed by atoms with van der Waals surface area (Å²) in [5.41, 5.74) is 3.13. The second-order valence-electron chi connectivity index (χ2n) is 9.51. The van der Waals surface area contributed by atoms with E-state index in [-0.39, 0.29) is 11.4 Å². The number of aryl methyl sites for hydroxylation is 1. The van der Waals surface area contributed by atoms with Crippen LogP contribution in [0, 0.1) is 0 Å². The van der Waals surface area contributed by atoms with Crippen LogP contribution in [0.25, 0.3) is 11.5 Å². The molecule has 0 spiro atoms. The number of pyridine rings is 2. The van der Waals surface area contributed by atoms with E-state index in [1.54, 1.807) is 30.7 Å². The van der Waals surface area contributed by atoms with Gasteiger partial charge in [0.15, 0.2) is 5.82 Å². The van der Waals surface area contributed by atoms with Gasteiger partial charge in [0.2, 0.25) is 5.95 Å². The number of rotatable bonds is 4. The maximum Gasteiger partial charge on any atom is 0.275 e. The fourth-order valence-electron chi connectivity index (χ4n) is 4.81. The molecule has 4 aromatic rings. The maximum atomic E-state index is 13.1. The van der Waals surface area contributed by atoms with Crippen molar-refractivity contribution in [2.24, 2.45) is 0 Å². The molecule has 35 heavy (non-hydrogen) atoms. The van der Waals surface area contributed by atoms with E-state index in [1.165, 1.54) is 0 Å². The number of nitrogens with zero attached hydrogens (tertiary/aromatic N) is 8. The lowest BCUT2D eigenvalue weighted by Gasteiger charge is -2.28. The van der Waals surface area contributed by atoms with Gasteiger partial charge in [0.1, 0.15) is 23.0 Å². The molecule has 0 unspecified atom stereocenters. The molecular weight excluding hydrogens is 442 g/mol. The monoisotopic (exact) mass is 467 g/mol. The Morgan fingerprint density at radius 3 is 2.74 bits per heavy atom. The molecule has 6 heterocycles. The Morgan fingerprint density at radius 1 is 1.03 bits per heavy atom. The molecular formula is C25H25N9O. The van der Waals surface area contributed by atoms with Gasteiger partial charge < -0.3 is 14.8 Å². The standard InChI is InChI=1S/C25H25N9O/c1-25(2)9-7-21-31-32-22(34(21)25)18-5-3-6-20(29-18)30-23(35)19-13-17-15-33(12-8-16(17)14-28-19)24-26-10-4-11-27-24/h3-6,10-11,13-14H,7-9,12,15H2,1-2H3,(H,29,30,35). The lowest BCUT2D eigenvalue weighted by molar-refractivity contribution is 0.102. The van der Waals surface area contributed by atoms with E-state index in [0.29, 0.717) is 35.5 Å². The summed E-state index contributed by atoms with van der Waals surface area (Å²) in [4.78, 5) is 32.9. The number of fused-ring (bicyclic) bond motifs is 2. The molecule has 0 aliphatic carbocycles. The van der Waals surface area contributed by atoms with Crippen LogP contribution in [-0.2, 0) is 24.9 Å². The Morgan fingerprint density at radius 2 is 1.89 bits per heavy atom. The molecule has 0 aromatic carbocycles. The van der Waals surface area contributed by atoms with E-state index in [1.807, 2.05) is 18.2 Å². The Labute approximate surface area is 202 Å². The molecule has 0 saturated heterocycles. The predicted molar refractivity (Wildman–Crippen MR) is 130 cm³/mol. The van der Waals surface area contributed by atoms with Gasteiger partial charge in [-0.05, 0) is 62.1 Å². The van der Waals surface area contributed by atoms with Crippen LogP contribution in [-0.4, -0.2) is 47.2 Å². The van der Waals surface area contributed by atoms with Gasteiger partial charge in [0.25, 0.3) is 5.91 Å². The Hall–Kier alpha value is -4.21. The van der Waals surface area contributed by atoms with Crippen molar-refractivity contribution in [2.45, 2.75) is 45.2 Å². The molecule has 10 heteroatoms. The lowest BCUT2D eigenvalue weighted by Crippen LogP contribution is -2.32. The van der Waals surface area contributed by atoms with Crippen LogP contribution in [0.15, 0.2) is 48.9 Å². The molecule has 176 valence electrons. The zero-order valence-electron chi connectivity index (χ0n) is 19.6. The first kappa shape index (κ1) is 21.3. The quantitative estimate of drug-likeness (QED) is 0.487. The average Bonchev–Trinajstić information content (AvgIpc) is 3.45. The number of carbonyl (C=O) groups is 1. The normalized spacial score (nSPS) is 16.0.